The van der Waals surface area contributed by atoms with Crippen LogP contribution in [0, 0.1) is 0 Å². The van der Waals surface area contributed by atoms with Gasteiger partial charge in [0, 0.05) is 6.07 Å². The first kappa shape index (κ1) is 15.0. The van der Waals surface area contributed by atoms with Crippen LogP contribution in [0.25, 0.3) is 0 Å². The van der Waals surface area contributed by atoms with Gasteiger partial charge in [-0.1, -0.05) is 6.07 Å². The third-order valence-electron chi connectivity index (χ3n) is 3.02. The number of aliphatic hydroxyl groups excluding tert-OH is 2. The molecular weight excluding hydrogens is 279 g/mol. The molecule has 4 atom stereocenters. The summed E-state index contributed by atoms with van der Waals surface area (Å²) in [5.74, 6) is -0.283. The van der Waals surface area contributed by atoms with Crippen molar-refractivity contribution in [2.45, 2.75) is 37.5 Å². The van der Waals surface area contributed by atoms with Gasteiger partial charge < -0.3 is 19.7 Å². The van der Waals surface area contributed by atoms with Gasteiger partial charge in [-0.2, -0.15) is 13.2 Å². The lowest BCUT2D eigenvalue weighted by Crippen LogP contribution is -2.54. The van der Waals surface area contributed by atoms with Crippen molar-refractivity contribution in [1.29, 1.82) is 0 Å². The molecule has 2 heterocycles. The van der Waals surface area contributed by atoms with Gasteiger partial charge in [0.05, 0.1) is 12.7 Å². The van der Waals surface area contributed by atoms with Gasteiger partial charge in [0.2, 0.25) is 5.88 Å². The highest BCUT2D eigenvalue weighted by atomic mass is 19.4. The molecule has 2 rings (SSSR count). The maximum atomic E-state index is 12.5. The van der Waals surface area contributed by atoms with E-state index in [2.05, 4.69) is 4.98 Å². The second-order valence-electron chi connectivity index (χ2n) is 4.53. The van der Waals surface area contributed by atoms with E-state index in [1.54, 1.807) is 6.92 Å². The molecule has 112 valence electrons. The van der Waals surface area contributed by atoms with E-state index in [1.165, 1.54) is 6.07 Å². The van der Waals surface area contributed by atoms with E-state index in [0.29, 0.717) is 0 Å². The molecule has 5 nitrogen and oxygen atoms in total. The van der Waals surface area contributed by atoms with Gasteiger partial charge in [-0.15, -0.1) is 0 Å². The lowest BCUT2D eigenvalue weighted by Gasteiger charge is -2.35. The standard InChI is InChI=1S/C12H14F3NO4/c1-6-10(17)11(18)7(5-19-6)20-9-4-2-3-8(16-9)12(13,14)15/h2-4,6-7,10-11,17-18H,5H2,1H3. The zero-order valence-corrected chi connectivity index (χ0v) is 10.5. The minimum Gasteiger partial charge on any atom is -0.469 e. The van der Waals surface area contributed by atoms with Crippen molar-refractivity contribution < 1.29 is 32.9 Å². The normalized spacial score (nSPS) is 31.1. The molecule has 1 aromatic heterocycles. The maximum Gasteiger partial charge on any atom is 0.433 e. The minimum atomic E-state index is -4.57. The quantitative estimate of drug-likeness (QED) is 0.851. The minimum absolute atomic E-state index is 0.0443. The van der Waals surface area contributed by atoms with Crippen LogP contribution in [-0.4, -0.2) is 46.2 Å². The van der Waals surface area contributed by atoms with Gasteiger partial charge in [-0.3, -0.25) is 0 Å². The van der Waals surface area contributed by atoms with Crippen LogP contribution in [0.2, 0.25) is 0 Å². The molecule has 0 aromatic carbocycles. The molecule has 2 N–H and O–H groups in total. The molecule has 0 bridgehead atoms. The summed E-state index contributed by atoms with van der Waals surface area (Å²) in [4.78, 5) is 3.32. The Kier molecular flexibility index (Phi) is 4.17. The Morgan fingerprint density at radius 1 is 1.30 bits per heavy atom. The van der Waals surface area contributed by atoms with E-state index in [-0.39, 0.29) is 12.5 Å². The van der Waals surface area contributed by atoms with E-state index < -0.39 is 36.3 Å². The second-order valence-corrected chi connectivity index (χ2v) is 4.53. The Labute approximate surface area is 113 Å². The molecule has 0 spiro atoms. The van der Waals surface area contributed by atoms with Gasteiger partial charge in [0.15, 0.2) is 6.10 Å². The summed E-state index contributed by atoms with van der Waals surface area (Å²) in [6.07, 6.45) is -8.54. The fraction of sp³-hybridized carbons (Fsp3) is 0.583. The summed E-state index contributed by atoms with van der Waals surface area (Å²) >= 11 is 0. The summed E-state index contributed by atoms with van der Waals surface area (Å²) in [6, 6.07) is 3.21. The first-order valence-corrected chi connectivity index (χ1v) is 5.97. The maximum absolute atomic E-state index is 12.5. The van der Waals surface area contributed by atoms with E-state index in [4.69, 9.17) is 9.47 Å². The zero-order chi connectivity index (χ0) is 14.9. The van der Waals surface area contributed by atoms with Crippen LogP contribution in [0.15, 0.2) is 18.2 Å². The number of alkyl halides is 3. The summed E-state index contributed by atoms with van der Waals surface area (Å²) in [5, 5.41) is 19.4. The number of ether oxygens (including phenoxy) is 2. The molecule has 0 radical (unpaired) electrons. The Balaban J connectivity index is 2.10. The molecule has 8 heteroatoms. The molecule has 1 fully saturated rings. The Bertz CT molecular complexity index is 468. The van der Waals surface area contributed by atoms with Crippen molar-refractivity contribution >= 4 is 0 Å². The van der Waals surface area contributed by atoms with Crippen molar-refractivity contribution in [3.8, 4) is 5.88 Å². The van der Waals surface area contributed by atoms with Gasteiger partial charge >= 0.3 is 6.18 Å². The summed E-state index contributed by atoms with van der Waals surface area (Å²) in [5.41, 5.74) is -1.09. The molecule has 20 heavy (non-hydrogen) atoms. The van der Waals surface area contributed by atoms with E-state index in [1.807, 2.05) is 0 Å². The van der Waals surface area contributed by atoms with Crippen molar-refractivity contribution in [1.82, 2.24) is 4.98 Å². The number of aromatic nitrogens is 1. The van der Waals surface area contributed by atoms with Gasteiger partial charge in [0.1, 0.15) is 17.9 Å². The average molecular weight is 293 g/mol. The Morgan fingerprint density at radius 3 is 2.65 bits per heavy atom. The number of nitrogens with zero attached hydrogens (tertiary/aromatic N) is 1. The predicted molar refractivity (Wildman–Crippen MR) is 61.1 cm³/mol. The van der Waals surface area contributed by atoms with E-state index in [0.717, 1.165) is 12.1 Å². The lowest BCUT2D eigenvalue weighted by molar-refractivity contribution is -0.175. The molecule has 1 aliphatic rings. The van der Waals surface area contributed by atoms with Crippen LogP contribution < -0.4 is 4.74 Å². The smallest absolute Gasteiger partial charge is 0.433 e. The molecule has 1 aliphatic heterocycles. The van der Waals surface area contributed by atoms with E-state index in [9.17, 15) is 23.4 Å². The molecule has 1 aromatic rings. The van der Waals surface area contributed by atoms with Gasteiger partial charge in [0.25, 0.3) is 0 Å². The summed E-state index contributed by atoms with van der Waals surface area (Å²) < 4.78 is 47.8. The third-order valence-corrected chi connectivity index (χ3v) is 3.02. The summed E-state index contributed by atoms with van der Waals surface area (Å²) in [6.45, 7) is 1.53. The van der Waals surface area contributed by atoms with Crippen LogP contribution >= 0.6 is 0 Å². The van der Waals surface area contributed by atoms with E-state index >= 15 is 0 Å². The Hall–Kier alpha value is -1.38. The Morgan fingerprint density at radius 2 is 2.00 bits per heavy atom. The zero-order valence-electron chi connectivity index (χ0n) is 10.5. The lowest BCUT2D eigenvalue weighted by atomic mass is 10.0. The fourth-order valence-corrected chi connectivity index (χ4v) is 1.84. The van der Waals surface area contributed by atoms with Crippen LogP contribution in [-0.2, 0) is 10.9 Å². The summed E-state index contributed by atoms with van der Waals surface area (Å²) in [7, 11) is 0. The van der Waals surface area contributed by atoms with Gasteiger partial charge in [-0.05, 0) is 13.0 Å². The highest BCUT2D eigenvalue weighted by molar-refractivity contribution is 5.18. The van der Waals surface area contributed by atoms with Crippen LogP contribution in [0.1, 0.15) is 12.6 Å². The topological polar surface area (TPSA) is 71.8 Å². The molecule has 0 saturated carbocycles. The first-order chi connectivity index (χ1) is 9.29. The largest absolute Gasteiger partial charge is 0.469 e. The third kappa shape index (κ3) is 3.20. The molecular formula is C12H14F3NO4. The number of pyridine rings is 1. The SMILES string of the molecule is CC1OCC(Oc2cccc(C(F)(F)F)n2)C(O)C1O. The van der Waals surface area contributed by atoms with Crippen molar-refractivity contribution in [3.63, 3.8) is 0 Å². The van der Waals surface area contributed by atoms with Crippen molar-refractivity contribution in [3.05, 3.63) is 23.9 Å². The van der Waals surface area contributed by atoms with Crippen LogP contribution in [0.3, 0.4) is 0 Å². The van der Waals surface area contributed by atoms with Crippen molar-refractivity contribution in [2.24, 2.45) is 0 Å². The van der Waals surface area contributed by atoms with Crippen molar-refractivity contribution in [2.75, 3.05) is 6.61 Å². The van der Waals surface area contributed by atoms with Gasteiger partial charge in [-0.25, -0.2) is 4.98 Å². The number of hydrogen-bond acceptors (Lipinski definition) is 5. The average Bonchev–Trinajstić information content (AvgIpc) is 2.39. The van der Waals surface area contributed by atoms with Crippen LogP contribution in [0.5, 0.6) is 5.88 Å². The first-order valence-electron chi connectivity index (χ1n) is 5.97. The molecule has 4 unspecified atom stereocenters. The highest BCUT2D eigenvalue weighted by Crippen LogP contribution is 2.29. The fourth-order valence-electron chi connectivity index (χ4n) is 1.84. The van der Waals surface area contributed by atoms with Crippen LogP contribution in [0.4, 0.5) is 13.2 Å². The molecule has 1 saturated heterocycles. The number of halogens is 3. The monoisotopic (exact) mass is 293 g/mol. The second kappa shape index (κ2) is 5.55. The highest BCUT2D eigenvalue weighted by Gasteiger charge is 2.38. The number of aliphatic hydroxyl groups is 2. The molecule has 0 aliphatic carbocycles. The number of rotatable bonds is 2. The molecule has 0 amide bonds. The number of hydrogen-bond donors (Lipinski definition) is 2. The predicted octanol–water partition coefficient (Wildman–Crippen LogP) is 0.988.